The molecule has 0 radical (unpaired) electrons. The Bertz CT molecular complexity index is 1010. The molecule has 7 heteroatoms. The van der Waals surface area contributed by atoms with Gasteiger partial charge >= 0.3 is 0 Å². The van der Waals surface area contributed by atoms with Crippen molar-refractivity contribution in [2.75, 3.05) is 6.61 Å². The Hall–Kier alpha value is -2.41. The molecular formula is C28H36BrFN2O3. The van der Waals surface area contributed by atoms with Crippen molar-refractivity contribution in [2.45, 2.75) is 83.8 Å². The summed E-state index contributed by atoms with van der Waals surface area (Å²) in [4.78, 5) is 28.1. The van der Waals surface area contributed by atoms with Crippen LogP contribution in [-0.4, -0.2) is 35.4 Å². The Labute approximate surface area is 216 Å². The zero-order chi connectivity index (χ0) is 25.6. The molecule has 0 spiro atoms. The Morgan fingerprint density at radius 2 is 1.80 bits per heavy atom. The molecule has 3 rings (SSSR count). The highest BCUT2D eigenvalue weighted by Crippen LogP contribution is 2.31. The van der Waals surface area contributed by atoms with Gasteiger partial charge in [0.15, 0.2) is 6.61 Å². The summed E-state index contributed by atoms with van der Waals surface area (Å²) in [5, 5.41) is 3.12. The highest BCUT2D eigenvalue weighted by Gasteiger charge is 2.31. The molecule has 0 aliphatic heterocycles. The number of carbonyl (C=O) groups is 2. The maximum absolute atomic E-state index is 13.4. The fraction of sp³-hybridized carbons (Fsp3) is 0.500. The van der Waals surface area contributed by atoms with Gasteiger partial charge in [0.05, 0.1) is 4.47 Å². The monoisotopic (exact) mass is 546 g/mol. The van der Waals surface area contributed by atoms with Gasteiger partial charge in [-0.05, 0) is 76.0 Å². The molecule has 0 unspecified atom stereocenters. The molecule has 35 heavy (non-hydrogen) atoms. The van der Waals surface area contributed by atoms with Gasteiger partial charge in [-0.2, -0.15) is 0 Å². The Morgan fingerprint density at radius 3 is 2.37 bits per heavy atom. The predicted molar refractivity (Wildman–Crippen MR) is 140 cm³/mol. The number of hydrogen-bond donors (Lipinski definition) is 1. The van der Waals surface area contributed by atoms with Gasteiger partial charge in [0.1, 0.15) is 17.6 Å². The van der Waals surface area contributed by atoms with E-state index in [4.69, 9.17) is 4.74 Å². The largest absolute Gasteiger partial charge is 0.483 e. The summed E-state index contributed by atoms with van der Waals surface area (Å²) in [5.74, 6) is -0.221. The molecular weight excluding hydrogens is 511 g/mol. The van der Waals surface area contributed by atoms with Crippen LogP contribution in [0, 0.1) is 5.82 Å². The molecule has 2 aromatic carbocycles. The average Bonchev–Trinajstić information content (AvgIpc) is 3.31. The first-order valence-corrected chi connectivity index (χ1v) is 13.1. The van der Waals surface area contributed by atoms with Crippen LogP contribution in [0.15, 0.2) is 46.9 Å². The highest BCUT2D eigenvalue weighted by molar-refractivity contribution is 9.10. The zero-order valence-corrected chi connectivity index (χ0v) is 22.7. The van der Waals surface area contributed by atoms with Crippen molar-refractivity contribution < 1.29 is 18.7 Å². The van der Waals surface area contributed by atoms with Crippen molar-refractivity contribution in [3.8, 4) is 5.75 Å². The second-order valence-corrected chi connectivity index (χ2v) is 11.1. The number of benzene rings is 2. The lowest BCUT2D eigenvalue weighted by molar-refractivity contribution is -0.143. The molecule has 0 aromatic heterocycles. The van der Waals surface area contributed by atoms with E-state index in [1.807, 2.05) is 25.1 Å². The third kappa shape index (κ3) is 7.53. The van der Waals surface area contributed by atoms with Crippen LogP contribution in [0.1, 0.15) is 70.9 Å². The van der Waals surface area contributed by atoms with Crippen LogP contribution in [0.5, 0.6) is 5.75 Å². The van der Waals surface area contributed by atoms with Crippen LogP contribution in [0.2, 0.25) is 0 Å². The van der Waals surface area contributed by atoms with E-state index in [0.717, 1.165) is 41.3 Å². The van der Waals surface area contributed by atoms with E-state index in [0.29, 0.717) is 12.2 Å². The minimum absolute atomic E-state index is 0.0101. The number of nitrogens with zero attached hydrogens (tertiary/aromatic N) is 1. The topological polar surface area (TPSA) is 58.6 Å². The molecule has 0 heterocycles. The molecule has 0 saturated heterocycles. The van der Waals surface area contributed by atoms with Crippen LogP contribution < -0.4 is 10.1 Å². The number of nitrogens with one attached hydrogen (secondary N) is 1. The average molecular weight is 548 g/mol. The first kappa shape index (κ1) is 27.2. The molecule has 1 saturated carbocycles. The minimum Gasteiger partial charge on any atom is -0.483 e. The summed E-state index contributed by atoms with van der Waals surface area (Å²) in [5.41, 5.74) is 1.89. The fourth-order valence-electron chi connectivity index (χ4n) is 4.38. The Balaban J connectivity index is 1.77. The standard InChI is InChI=1S/C28H36BrFN2O3/c1-5-24(27(34)31-22-8-6-7-9-22)32(17-19-10-13-21(30)14-11-19)26(33)18-35-25-15-12-20(16-23(25)29)28(2,3)4/h10-16,22,24H,5-9,17-18H2,1-4H3,(H,31,34)/t24-/m0/s1. The second kappa shape index (κ2) is 12.0. The molecule has 2 aromatic rings. The summed E-state index contributed by atoms with van der Waals surface area (Å²) >= 11 is 3.55. The van der Waals surface area contributed by atoms with Gasteiger partial charge in [0.25, 0.3) is 5.91 Å². The SMILES string of the molecule is CC[C@@H](C(=O)NC1CCCC1)N(Cc1ccc(F)cc1)C(=O)COc1ccc(C(C)(C)C)cc1Br. The summed E-state index contributed by atoms with van der Waals surface area (Å²) < 4.78 is 20.1. The minimum atomic E-state index is -0.636. The quantitative estimate of drug-likeness (QED) is 0.411. The van der Waals surface area contributed by atoms with Gasteiger partial charge in [-0.1, -0.05) is 58.7 Å². The highest BCUT2D eigenvalue weighted by atomic mass is 79.9. The fourth-order valence-corrected chi connectivity index (χ4v) is 4.87. The third-order valence-electron chi connectivity index (χ3n) is 6.50. The summed E-state index contributed by atoms with van der Waals surface area (Å²) in [6.07, 6.45) is 4.62. The first-order chi connectivity index (χ1) is 16.6. The lowest BCUT2D eigenvalue weighted by Gasteiger charge is -2.31. The maximum Gasteiger partial charge on any atom is 0.261 e. The van der Waals surface area contributed by atoms with Crippen molar-refractivity contribution in [3.05, 3.63) is 63.9 Å². The van der Waals surface area contributed by atoms with E-state index in [2.05, 4.69) is 42.0 Å². The molecule has 190 valence electrons. The Kier molecular flexibility index (Phi) is 9.34. The molecule has 1 atom stereocenters. The lowest BCUT2D eigenvalue weighted by Crippen LogP contribution is -2.52. The molecule has 1 fully saturated rings. The molecule has 2 amide bonds. The molecule has 1 aliphatic rings. The van der Waals surface area contributed by atoms with E-state index >= 15 is 0 Å². The predicted octanol–water partition coefficient (Wildman–Crippen LogP) is 6.13. The van der Waals surface area contributed by atoms with Crippen LogP contribution in [0.25, 0.3) is 0 Å². The van der Waals surface area contributed by atoms with E-state index in [1.165, 1.54) is 12.1 Å². The van der Waals surface area contributed by atoms with E-state index in [1.54, 1.807) is 17.0 Å². The first-order valence-electron chi connectivity index (χ1n) is 12.4. The molecule has 5 nitrogen and oxygen atoms in total. The van der Waals surface area contributed by atoms with Crippen molar-refractivity contribution >= 4 is 27.7 Å². The van der Waals surface area contributed by atoms with Gasteiger partial charge in [-0.3, -0.25) is 9.59 Å². The number of carbonyl (C=O) groups excluding carboxylic acids is 2. The molecule has 0 bridgehead atoms. The zero-order valence-electron chi connectivity index (χ0n) is 21.1. The third-order valence-corrected chi connectivity index (χ3v) is 7.12. The van der Waals surface area contributed by atoms with E-state index < -0.39 is 6.04 Å². The van der Waals surface area contributed by atoms with Crippen LogP contribution in [0.4, 0.5) is 4.39 Å². The van der Waals surface area contributed by atoms with Gasteiger partial charge in [0.2, 0.25) is 5.91 Å². The van der Waals surface area contributed by atoms with Crippen molar-refractivity contribution in [2.24, 2.45) is 0 Å². The van der Waals surface area contributed by atoms with Crippen LogP contribution in [0.3, 0.4) is 0 Å². The van der Waals surface area contributed by atoms with Crippen molar-refractivity contribution in [1.29, 1.82) is 0 Å². The smallest absolute Gasteiger partial charge is 0.261 e. The van der Waals surface area contributed by atoms with E-state index in [-0.39, 0.29) is 42.2 Å². The molecule has 1 N–H and O–H groups in total. The number of ether oxygens (including phenoxy) is 1. The summed E-state index contributed by atoms with van der Waals surface area (Å²) in [7, 11) is 0. The number of amides is 2. The number of rotatable bonds is 9. The van der Waals surface area contributed by atoms with Gasteiger partial charge in [0, 0.05) is 12.6 Å². The summed E-state index contributed by atoms with van der Waals surface area (Å²) in [6, 6.07) is 11.4. The maximum atomic E-state index is 13.4. The molecule has 1 aliphatic carbocycles. The Morgan fingerprint density at radius 1 is 1.14 bits per heavy atom. The normalized spacial score (nSPS) is 15.0. The van der Waals surface area contributed by atoms with Crippen molar-refractivity contribution in [1.82, 2.24) is 10.2 Å². The van der Waals surface area contributed by atoms with E-state index in [9.17, 15) is 14.0 Å². The van der Waals surface area contributed by atoms with Crippen LogP contribution in [-0.2, 0) is 21.5 Å². The van der Waals surface area contributed by atoms with Crippen LogP contribution >= 0.6 is 15.9 Å². The number of halogens is 2. The van der Waals surface area contributed by atoms with Gasteiger partial charge < -0.3 is 15.0 Å². The second-order valence-electron chi connectivity index (χ2n) is 10.2. The lowest BCUT2D eigenvalue weighted by atomic mass is 9.87. The number of hydrogen-bond acceptors (Lipinski definition) is 3. The van der Waals surface area contributed by atoms with Gasteiger partial charge in [-0.15, -0.1) is 0 Å². The van der Waals surface area contributed by atoms with Gasteiger partial charge in [-0.25, -0.2) is 4.39 Å². The van der Waals surface area contributed by atoms with Crippen molar-refractivity contribution in [3.63, 3.8) is 0 Å². The summed E-state index contributed by atoms with van der Waals surface area (Å²) in [6.45, 7) is 8.28.